The zero-order valence-corrected chi connectivity index (χ0v) is 59.4. The Morgan fingerprint density at radius 3 is 1.24 bits per heavy atom. The number of aryl methyl sites for hydroxylation is 5. The number of carbonyl (C=O) groups is 1. The van der Waals surface area contributed by atoms with E-state index in [1.54, 1.807) is 25.1 Å². The number of aliphatic hydroxyl groups excluding tert-OH is 1. The van der Waals surface area contributed by atoms with Crippen molar-refractivity contribution in [2.24, 2.45) is 0 Å². The third kappa shape index (κ3) is 38.3. The van der Waals surface area contributed by atoms with Crippen LogP contribution in [-0.4, -0.2) is 53.9 Å². The number of halogens is 12. The molecule has 1 aromatic heterocycles. The van der Waals surface area contributed by atoms with Crippen molar-refractivity contribution in [2.75, 3.05) is 16.9 Å². The predicted octanol–water partition coefficient (Wildman–Crippen LogP) is 23.2. The molecule has 0 bridgehead atoms. The molecule has 0 saturated heterocycles. The summed E-state index contributed by atoms with van der Waals surface area (Å²) in [5.74, 6) is 2.08. The first-order valence-electron chi connectivity index (χ1n) is 24.0. The van der Waals surface area contributed by atoms with Crippen molar-refractivity contribution in [3.05, 3.63) is 155 Å². The van der Waals surface area contributed by atoms with Crippen molar-refractivity contribution >= 4 is 166 Å². The molecule has 0 unspecified atom stereocenters. The number of nitrogens with zero attached hydrogens (tertiary/aromatic N) is 4. The van der Waals surface area contributed by atoms with Gasteiger partial charge in [-0.25, -0.2) is 15.0 Å². The molecule has 0 spiro atoms. The fourth-order valence-corrected chi connectivity index (χ4v) is 7.94. The summed E-state index contributed by atoms with van der Waals surface area (Å²) in [7, 11) is 25.2. The molecule has 1 N–H and O–H groups in total. The van der Waals surface area contributed by atoms with Crippen molar-refractivity contribution in [3.63, 3.8) is 0 Å². The molecule has 0 aliphatic carbocycles. The van der Waals surface area contributed by atoms with Crippen LogP contribution in [0.5, 0.6) is 0 Å². The number of carbonyl (C=O) groups excluding carboxylic acids is 1. The van der Waals surface area contributed by atoms with Gasteiger partial charge in [-0.2, -0.15) is 5.26 Å². The number of unbranched alkanes of at least 4 members (excludes halogenated alkanes) is 6. The average molecular weight is 1620 g/mol. The fourth-order valence-electron chi connectivity index (χ4n) is 6.39. The molecule has 19 heteroatoms. The van der Waals surface area contributed by atoms with Gasteiger partial charge in [-0.15, -0.1) is 23.2 Å². The zero-order chi connectivity index (χ0) is 57.6. The number of rotatable bonds is 14. The standard InChI is InChI=1S/C29H29Br2N3.C13H17ClO.C8H6BrN.C2H6O.C2H6.CH2Cl2.CH3I.CH4.5ClH.Sb/c1-4-5-6-7-8-21-9-11-22(12-10-21)27-32-28(25-15-13-23(30)17-19(25)2)34-29(33-27)26-16-14-24(31)18-20(26)3;1-2-3-4-5-6-11-7-9-12(10-8-11)13(14)15;1-6-4-8(9)3-2-7(6)5-10;1-2-3;1-2;2-1-3;1-2;;;;;;;/h9-18H,4-8H2,1-3H3;7-10H,2-6H2,1H3;2-4H,1H3;3H,2H2,1H3;1-2H3;1H2;1H3;1H4;5*1H;/q;;;;;;;;;;;;;+5/p-5. The summed E-state index contributed by atoms with van der Waals surface area (Å²) in [6.07, 6.45) is 12.4. The van der Waals surface area contributed by atoms with E-state index in [1.807, 2.05) is 62.1 Å². The van der Waals surface area contributed by atoms with Gasteiger partial charge >= 0.3 is 55.8 Å². The Hall–Kier alpha value is -0.462. The van der Waals surface area contributed by atoms with Gasteiger partial charge in [-0.3, -0.25) is 4.79 Å². The van der Waals surface area contributed by atoms with Crippen LogP contribution in [0, 0.1) is 32.1 Å². The Bertz CT molecular complexity index is 2480. The van der Waals surface area contributed by atoms with Gasteiger partial charge in [-0.1, -0.05) is 180 Å². The number of nitriles is 1. The third-order valence-electron chi connectivity index (χ3n) is 9.83. The number of alkyl halides is 3. The molecule has 0 aliphatic heterocycles. The Labute approximate surface area is 529 Å². The second-order valence-corrected chi connectivity index (χ2v) is 57.5. The molecule has 0 atom stereocenters. The van der Waals surface area contributed by atoms with Crippen LogP contribution in [0.3, 0.4) is 0 Å². The molecule has 0 saturated carbocycles. The number of aliphatic hydroxyl groups is 1. The molecule has 1 heterocycles. The number of aromatic nitrogens is 3. The summed E-state index contributed by atoms with van der Waals surface area (Å²) in [5.41, 5.74) is 10.2. The SMILES string of the molecule is C.CC.CCCCCCc1ccc(-c2nc(-c3ccc(Br)cc3C)nc(-c3ccc(Br)cc3C)n2)cc1.CCCCCCc1ccc(C(=O)Cl)cc1.CCO.CI.Cc1cc(Br)ccc1C#N.ClCCl.[Cl][Sb]([Cl])([Cl])([Cl])[Cl]. The Morgan fingerprint density at radius 1 is 0.592 bits per heavy atom. The summed E-state index contributed by atoms with van der Waals surface area (Å²) in [6.45, 7) is 16.5. The van der Waals surface area contributed by atoms with Crippen LogP contribution in [0.15, 0.2) is 117 Å². The summed E-state index contributed by atoms with van der Waals surface area (Å²) in [5, 5.41) is 15.9. The van der Waals surface area contributed by atoms with Gasteiger partial charge in [0.1, 0.15) is 0 Å². The first kappa shape index (κ1) is 79.8. The van der Waals surface area contributed by atoms with E-state index in [0.29, 0.717) is 23.0 Å². The van der Waals surface area contributed by atoms with Gasteiger partial charge in [0.05, 0.1) is 17.0 Å². The van der Waals surface area contributed by atoms with Gasteiger partial charge in [0, 0.05) is 42.3 Å². The van der Waals surface area contributed by atoms with Crippen LogP contribution in [-0.2, 0) is 12.8 Å². The molecule has 0 aliphatic rings. The van der Waals surface area contributed by atoms with Crippen LogP contribution in [0.25, 0.3) is 34.2 Å². The normalized spacial score (nSPS) is 10.3. The van der Waals surface area contributed by atoms with Gasteiger partial charge in [0.2, 0.25) is 0 Å². The number of benzene rings is 5. The Kier molecular flexibility index (Phi) is 48.4. The molecule has 0 amide bonds. The van der Waals surface area contributed by atoms with E-state index in [2.05, 4.69) is 153 Å². The topological polar surface area (TPSA) is 99.8 Å². The molecule has 422 valence electrons. The van der Waals surface area contributed by atoms with Crippen LogP contribution < -0.4 is 0 Å². The van der Waals surface area contributed by atoms with E-state index in [0.717, 1.165) is 65.2 Å². The Morgan fingerprint density at radius 2 is 0.921 bits per heavy atom. The molecule has 0 fully saturated rings. The van der Waals surface area contributed by atoms with E-state index in [1.165, 1.54) is 62.5 Å². The van der Waals surface area contributed by atoms with E-state index in [-0.39, 0.29) is 24.6 Å². The molecule has 6 nitrogen and oxygen atoms in total. The van der Waals surface area contributed by atoms with Crippen LogP contribution >= 0.6 is 149 Å². The zero-order valence-electron chi connectivity index (χ0n) is 43.9. The first-order valence-corrected chi connectivity index (χ1v) is 46.2. The third-order valence-corrected chi connectivity index (χ3v) is 11.5. The molecule has 0 radical (unpaired) electrons. The molecule has 76 heavy (non-hydrogen) atoms. The summed E-state index contributed by atoms with van der Waals surface area (Å²) in [4.78, 5) is 27.5. The van der Waals surface area contributed by atoms with Crippen molar-refractivity contribution in [3.8, 4) is 40.2 Å². The number of hydrogen-bond acceptors (Lipinski definition) is 6. The maximum atomic E-state index is 10.8. The molecular weight excluding hydrogens is 1540 g/mol. The van der Waals surface area contributed by atoms with Crippen LogP contribution in [0.4, 0.5) is 0 Å². The minimum absolute atomic E-state index is 0. The van der Waals surface area contributed by atoms with Crippen LogP contribution in [0.2, 0.25) is 0 Å². The molecule has 6 rings (SSSR count). The minimum atomic E-state index is -4.33. The van der Waals surface area contributed by atoms with E-state index in [4.69, 9.17) is 104 Å². The maximum absolute atomic E-state index is 10.8. The van der Waals surface area contributed by atoms with E-state index >= 15 is 0 Å². The number of hydrogen-bond donors (Lipinski definition) is 1. The van der Waals surface area contributed by atoms with Crippen molar-refractivity contribution in [2.45, 2.75) is 127 Å². The second-order valence-electron chi connectivity index (χ2n) is 15.6. The van der Waals surface area contributed by atoms with Gasteiger partial charge < -0.3 is 5.11 Å². The summed E-state index contributed by atoms with van der Waals surface area (Å²) >= 11 is 23.2. The van der Waals surface area contributed by atoms with Gasteiger partial charge in [0.15, 0.2) is 17.5 Å². The van der Waals surface area contributed by atoms with Crippen molar-refractivity contribution in [1.82, 2.24) is 15.0 Å². The predicted molar refractivity (Wildman–Crippen MR) is 359 cm³/mol. The quantitative estimate of drug-likeness (QED) is 0.0383. The van der Waals surface area contributed by atoms with Gasteiger partial charge in [0.25, 0.3) is 5.24 Å². The van der Waals surface area contributed by atoms with Crippen molar-refractivity contribution < 1.29 is 9.90 Å². The average Bonchev–Trinajstić information content (AvgIpc) is 3.36. The Balaban J connectivity index is -0.00000105. The van der Waals surface area contributed by atoms with E-state index in [9.17, 15) is 4.79 Å². The summed E-state index contributed by atoms with van der Waals surface area (Å²) < 4.78 is 3.10. The van der Waals surface area contributed by atoms with E-state index < -0.39 is 11.7 Å². The summed E-state index contributed by atoms with van der Waals surface area (Å²) in [6, 6.07) is 36.3. The first-order chi connectivity index (χ1) is 35.5. The molecular formula is C57H73Br3Cl8IN4O2Sb. The van der Waals surface area contributed by atoms with Crippen LogP contribution in [0.1, 0.15) is 137 Å². The van der Waals surface area contributed by atoms with Gasteiger partial charge in [-0.05, 0) is 164 Å². The second kappa shape index (κ2) is 46.1. The molecule has 5 aromatic carbocycles. The van der Waals surface area contributed by atoms with Crippen molar-refractivity contribution in [1.29, 1.82) is 5.26 Å². The molecule has 6 aromatic rings. The fraction of sp³-hybridized carbons (Fsp3) is 0.386. The monoisotopic (exact) mass is 1610 g/mol.